The van der Waals surface area contributed by atoms with Crippen LogP contribution < -0.4 is 10.1 Å². The Balaban J connectivity index is 2.51. The van der Waals surface area contributed by atoms with Crippen LogP contribution in [0.3, 0.4) is 0 Å². The lowest BCUT2D eigenvalue weighted by Crippen LogP contribution is -2.31. The van der Waals surface area contributed by atoms with Gasteiger partial charge in [-0.3, -0.25) is 4.79 Å². The van der Waals surface area contributed by atoms with Crippen molar-refractivity contribution in [3.05, 3.63) is 23.9 Å². The highest BCUT2D eigenvalue weighted by molar-refractivity contribution is 7.92. The predicted octanol–water partition coefficient (Wildman–Crippen LogP) is 0.777. The first-order chi connectivity index (χ1) is 9.32. The zero-order valence-electron chi connectivity index (χ0n) is 11.9. The number of carbonyl (C=O) groups is 1. The van der Waals surface area contributed by atoms with Gasteiger partial charge in [0.05, 0.1) is 12.9 Å². The number of hydrogen-bond acceptors (Lipinski definition) is 5. The number of pyridine rings is 1. The van der Waals surface area contributed by atoms with E-state index >= 15 is 0 Å². The van der Waals surface area contributed by atoms with Gasteiger partial charge in [-0.15, -0.1) is 0 Å². The summed E-state index contributed by atoms with van der Waals surface area (Å²) in [5, 5.41) is 2.58. The summed E-state index contributed by atoms with van der Waals surface area (Å²) in [6.07, 6.45) is 1.57. The summed E-state index contributed by atoms with van der Waals surface area (Å²) in [6.45, 7) is 3.85. The van der Waals surface area contributed by atoms with E-state index in [4.69, 9.17) is 4.74 Å². The van der Waals surface area contributed by atoms with Gasteiger partial charge in [-0.1, -0.05) is 13.8 Å². The van der Waals surface area contributed by atoms with Crippen LogP contribution in [-0.4, -0.2) is 37.9 Å². The quantitative estimate of drug-likeness (QED) is 0.804. The molecule has 0 saturated heterocycles. The average molecular weight is 300 g/mol. The Labute approximate surface area is 119 Å². The number of ether oxygens (including phenoxy) is 1. The van der Waals surface area contributed by atoms with Crippen LogP contribution in [0.5, 0.6) is 5.88 Å². The van der Waals surface area contributed by atoms with Gasteiger partial charge < -0.3 is 10.1 Å². The lowest BCUT2D eigenvalue weighted by atomic mass is 10.2. The smallest absolute Gasteiger partial charge is 0.235 e. The first kappa shape index (κ1) is 16.4. The molecule has 0 atom stereocenters. The number of nitrogens with zero attached hydrogens (tertiary/aromatic N) is 1. The summed E-state index contributed by atoms with van der Waals surface area (Å²) in [6, 6.07) is 3.41. The van der Waals surface area contributed by atoms with Gasteiger partial charge in [0, 0.05) is 18.8 Å². The maximum absolute atomic E-state index is 11.7. The van der Waals surface area contributed by atoms with Crippen LogP contribution in [0.1, 0.15) is 19.4 Å². The minimum Gasteiger partial charge on any atom is -0.481 e. The maximum Gasteiger partial charge on any atom is 0.235 e. The molecule has 20 heavy (non-hydrogen) atoms. The molecule has 0 unspecified atom stereocenters. The van der Waals surface area contributed by atoms with Crippen molar-refractivity contribution in [2.75, 3.05) is 18.6 Å². The number of hydrogen-bond donors (Lipinski definition) is 1. The molecule has 0 aromatic carbocycles. The van der Waals surface area contributed by atoms with Crippen LogP contribution in [0.4, 0.5) is 0 Å². The Kier molecular flexibility index (Phi) is 5.94. The molecule has 1 amide bonds. The van der Waals surface area contributed by atoms with Gasteiger partial charge in [0.2, 0.25) is 11.8 Å². The second-order valence-corrected chi connectivity index (χ2v) is 7.04. The van der Waals surface area contributed by atoms with Gasteiger partial charge in [0.15, 0.2) is 9.84 Å². The fourth-order valence-corrected chi connectivity index (χ4v) is 3.33. The van der Waals surface area contributed by atoms with Gasteiger partial charge in [0.1, 0.15) is 5.75 Å². The number of nitrogens with one attached hydrogen (secondary N) is 1. The number of methoxy groups -OCH3 is 1. The molecule has 6 nitrogen and oxygen atoms in total. The third-order valence-corrected chi connectivity index (χ3v) is 4.31. The molecule has 0 spiro atoms. The topological polar surface area (TPSA) is 85.4 Å². The fraction of sp³-hybridized carbons (Fsp3) is 0.538. The Bertz CT molecular complexity index is 555. The zero-order valence-corrected chi connectivity index (χ0v) is 12.7. The largest absolute Gasteiger partial charge is 0.481 e. The van der Waals surface area contributed by atoms with Crippen molar-refractivity contribution >= 4 is 15.7 Å². The van der Waals surface area contributed by atoms with Crippen LogP contribution in [0.15, 0.2) is 18.3 Å². The molecule has 112 valence electrons. The van der Waals surface area contributed by atoms with Crippen molar-refractivity contribution in [2.24, 2.45) is 5.92 Å². The van der Waals surface area contributed by atoms with Crippen LogP contribution in [0.2, 0.25) is 0 Å². The summed E-state index contributed by atoms with van der Waals surface area (Å²) in [5.41, 5.74) is 0.798. The molecule has 1 aromatic rings. The summed E-state index contributed by atoms with van der Waals surface area (Å²) in [4.78, 5) is 15.6. The number of sulfone groups is 1. The molecule has 7 heteroatoms. The summed E-state index contributed by atoms with van der Waals surface area (Å²) >= 11 is 0. The molecule has 0 aliphatic carbocycles. The summed E-state index contributed by atoms with van der Waals surface area (Å²) in [5.74, 6) is -0.500. The number of aromatic nitrogens is 1. The van der Waals surface area contributed by atoms with Crippen LogP contribution >= 0.6 is 0 Å². The molecule has 0 aliphatic rings. The highest BCUT2D eigenvalue weighted by atomic mass is 32.2. The Morgan fingerprint density at radius 3 is 2.75 bits per heavy atom. The number of amides is 1. The summed E-state index contributed by atoms with van der Waals surface area (Å²) in [7, 11) is -1.84. The van der Waals surface area contributed by atoms with Crippen molar-refractivity contribution in [3.8, 4) is 5.88 Å². The van der Waals surface area contributed by atoms with E-state index in [-0.39, 0.29) is 18.2 Å². The fourth-order valence-electron chi connectivity index (χ4n) is 1.69. The normalized spacial score (nSPS) is 11.4. The highest BCUT2D eigenvalue weighted by Gasteiger charge is 2.17. The van der Waals surface area contributed by atoms with Crippen molar-refractivity contribution in [3.63, 3.8) is 0 Å². The van der Waals surface area contributed by atoms with E-state index in [2.05, 4.69) is 10.3 Å². The molecule has 1 heterocycles. The van der Waals surface area contributed by atoms with Crippen molar-refractivity contribution in [2.45, 2.75) is 20.4 Å². The van der Waals surface area contributed by atoms with E-state index in [1.54, 1.807) is 32.2 Å². The lowest BCUT2D eigenvalue weighted by molar-refractivity contribution is -0.118. The molecule has 0 radical (unpaired) electrons. The summed E-state index contributed by atoms with van der Waals surface area (Å²) < 4.78 is 28.3. The molecular formula is C13H20N2O4S. The van der Waals surface area contributed by atoms with E-state index in [1.807, 2.05) is 0 Å². The Morgan fingerprint density at radius 1 is 1.45 bits per heavy atom. The average Bonchev–Trinajstić information content (AvgIpc) is 2.34. The van der Waals surface area contributed by atoms with E-state index in [9.17, 15) is 13.2 Å². The maximum atomic E-state index is 11.7. The van der Waals surface area contributed by atoms with Gasteiger partial charge in [-0.25, -0.2) is 13.4 Å². The number of carbonyl (C=O) groups excluding carboxylic acids is 1. The second kappa shape index (κ2) is 7.23. The molecule has 0 fully saturated rings. The predicted molar refractivity (Wildman–Crippen MR) is 76.1 cm³/mol. The standard InChI is InChI=1S/C13H20N2O4S/c1-10(2)8-20(17,18)9-12(16)15-7-11-4-5-14-13(6-11)19-3/h4-6,10H,7-9H2,1-3H3,(H,15,16). The van der Waals surface area contributed by atoms with Gasteiger partial charge in [-0.05, 0) is 17.5 Å². The first-order valence-electron chi connectivity index (χ1n) is 6.28. The van der Waals surface area contributed by atoms with E-state index in [1.165, 1.54) is 7.11 Å². The molecule has 0 bridgehead atoms. The van der Waals surface area contributed by atoms with Crippen molar-refractivity contribution in [1.29, 1.82) is 0 Å². The zero-order chi connectivity index (χ0) is 15.2. The molecule has 0 saturated carbocycles. The number of rotatable bonds is 7. The van der Waals surface area contributed by atoms with Gasteiger partial charge in [-0.2, -0.15) is 0 Å². The third-order valence-electron chi connectivity index (χ3n) is 2.44. The van der Waals surface area contributed by atoms with Crippen LogP contribution in [0, 0.1) is 5.92 Å². The van der Waals surface area contributed by atoms with E-state index in [0.29, 0.717) is 5.88 Å². The molecule has 0 aliphatic heterocycles. The lowest BCUT2D eigenvalue weighted by Gasteiger charge is -2.08. The van der Waals surface area contributed by atoms with Crippen molar-refractivity contribution in [1.82, 2.24) is 10.3 Å². The van der Waals surface area contributed by atoms with E-state index in [0.717, 1.165) is 5.56 Å². The Morgan fingerprint density at radius 2 is 2.15 bits per heavy atom. The van der Waals surface area contributed by atoms with Crippen LogP contribution in [0.25, 0.3) is 0 Å². The first-order valence-corrected chi connectivity index (χ1v) is 8.10. The molecule has 1 rings (SSSR count). The van der Waals surface area contributed by atoms with Crippen molar-refractivity contribution < 1.29 is 17.9 Å². The second-order valence-electron chi connectivity index (χ2n) is 4.93. The SMILES string of the molecule is COc1cc(CNC(=O)CS(=O)(=O)CC(C)C)ccn1. The molecule has 1 N–H and O–H groups in total. The monoisotopic (exact) mass is 300 g/mol. The third kappa shape index (κ3) is 6.01. The molecular weight excluding hydrogens is 280 g/mol. The van der Waals surface area contributed by atoms with Gasteiger partial charge >= 0.3 is 0 Å². The minimum absolute atomic E-state index is 0.0114. The highest BCUT2D eigenvalue weighted by Crippen LogP contribution is 2.08. The van der Waals surface area contributed by atoms with Gasteiger partial charge in [0.25, 0.3) is 0 Å². The molecule has 1 aromatic heterocycles. The minimum atomic E-state index is -3.35. The van der Waals surface area contributed by atoms with E-state index < -0.39 is 21.5 Å². The Hall–Kier alpha value is -1.63. The van der Waals surface area contributed by atoms with Crippen LogP contribution in [-0.2, 0) is 21.2 Å².